The van der Waals surface area contributed by atoms with E-state index in [1.807, 2.05) is 37.5 Å². The third kappa shape index (κ3) is 3.87. The van der Waals surface area contributed by atoms with Crippen LogP contribution in [-0.4, -0.2) is 33.0 Å². The highest BCUT2D eigenvalue weighted by molar-refractivity contribution is 5.57. The summed E-state index contributed by atoms with van der Waals surface area (Å²) in [6.45, 7) is 4.11. The van der Waals surface area contributed by atoms with E-state index in [2.05, 4.69) is 32.0 Å². The molecule has 0 aromatic carbocycles. The SMILES string of the molecule is Cc1cc(N2CCC(Cc3cccnc3)CC2)nc(-c2ccncc2)n1. The molecule has 1 saturated heterocycles. The zero-order valence-corrected chi connectivity index (χ0v) is 15.0. The molecule has 4 heterocycles. The molecule has 0 atom stereocenters. The van der Waals surface area contributed by atoms with Gasteiger partial charge in [-0.3, -0.25) is 9.97 Å². The molecular formula is C21H23N5. The summed E-state index contributed by atoms with van der Waals surface area (Å²) in [7, 11) is 0. The van der Waals surface area contributed by atoms with Gasteiger partial charge in [-0.1, -0.05) is 6.07 Å². The Bertz CT molecular complexity index is 843. The standard InChI is InChI=1S/C21H23N5/c1-16-13-20(25-21(24-16)19-4-9-22-10-5-19)26-11-6-17(7-12-26)14-18-3-2-8-23-15-18/h2-5,8-10,13,15,17H,6-7,11-12,14H2,1H3. The van der Waals surface area contributed by atoms with Crippen molar-refractivity contribution in [2.75, 3.05) is 18.0 Å². The van der Waals surface area contributed by atoms with Crippen molar-refractivity contribution in [3.63, 3.8) is 0 Å². The predicted molar refractivity (Wildman–Crippen MR) is 103 cm³/mol. The lowest BCUT2D eigenvalue weighted by Crippen LogP contribution is -2.35. The normalized spacial score (nSPS) is 15.2. The lowest BCUT2D eigenvalue weighted by atomic mass is 9.91. The molecule has 5 nitrogen and oxygen atoms in total. The van der Waals surface area contributed by atoms with Gasteiger partial charge in [-0.05, 0) is 55.9 Å². The van der Waals surface area contributed by atoms with Gasteiger partial charge in [-0.2, -0.15) is 0 Å². The average molecular weight is 345 g/mol. The van der Waals surface area contributed by atoms with E-state index in [1.54, 1.807) is 12.4 Å². The Morgan fingerprint density at radius 3 is 2.54 bits per heavy atom. The fraction of sp³-hybridized carbons (Fsp3) is 0.333. The van der Waals surface area contributed by atoms with Crippen LogP contribution in [0.2, 0.25) is 0 Å². The molecule has 0 aliphatic carbocycles. The maximum atomic E-state index is 4.81. The minimum Gasteiger partial charge on any atom is -0.356 e. The van der Waals surface area contributed by atoms with Crippen molar-refractivity contribution in [3.05, 3.63) is 66.4 Å². The molecule has 26 heavy (non-hydrogen) atoms. The first-order valence-electron chi connectivity index (χ1n) is 9.18. The fourth-order valence-electron chi connectivity index (χ4n) is 3.56. The van der Waals surface area contributed by atoms with Crippen LogP contribution < -0.4 is 4.90 Å². The van der Waals surface area contributed by atoms with Crippen molar-refractivity contribution in [2.24, 2.45) is 5.92 Å². The highest BCUT2D eigenvalue weighted by Crippen LogP contribution is 2.26. The van der Waals surface area contributed by atoms with Crippen molar-refractivity contribution in [1.29, 1.82) is 0 Å². The number of nitrogens with zero attached hydrogens (tertiary/aromatic N) is 5. The molecule has 0 N–H and O–H groups in total. The average Bonchev–Trinajstić information content (AvgIpc) is 2.70. The number of rotatable bonds is 4. The third-order valence-corrected chi connectivity index (χ3v) is 4.96. The van der Waals surface area contributed by atoms with Crippen LogP contribution in [0.3, 0.4) is 0 Å². The Hall–Kier alpha value is -2.82. The van der Waals surface area contributed by atoms with Crippen molar-refractivity contribution in [3.8, 4) is 11.4 Å². The summed E-state index contributed by atoms with van der Waals surface area (Å²) in [5, 5.41) is 0. The predicted octanol–water partition coefficient (Wildman–Crippen LogP) is 3.70. The molecule has 0 radical (unpaired) electrons. The molecular weight excluding hydrogens is 322 g/mol. The van der Waals surface area contributed by atoms with Crippen LogP contribution in [0, 0.1) is 12.8 Å². The highest BCUT2D eigenvalue weighted by Gasteiger charge is 2.21. The first-order valence-corrected chi connectivity index (χ1v) is 9.18. The van der Waals surface area contributed by atoms with Crippen LogP contribution in [0.25, 0.3) is 11.4 Å². The summed E-state index contributed by atoms with van der Waals surface area (Å²) in [6, 6.07) is 10.2. The van der Waals surface area contributed by atoms with Gasteiger partial charge in [-0.15, -0.1) is 0 Å². The molecule has 4 rings (SSSR count). The number of aromatic nitrogens is 4. The Balaban J connectivity index is 1.45. The molecule has 0 spiro atoms. The first-order chi connectivity index (χ1) is 12.8. The first kappa shape index (κ1) is 16.6. The van der Waals surface area contributed by atoms with Gasteiger partial charge in [-0.25, -0.2) is 9.97 Å². The van der Waals surface area contributed by atoms with Crippen molar-refractivity contribution < 1.29 is 0 Å². The number of pyridine rings is 2. The summed E-state index contributed by atoms with van der Waals surface area (Å²) in [5.41, 5.74) is 3.35. The van der Waals surface area contributed by atoms with Gasteiger partial charge in [0.2, 0.25) is 0 Å². The zero-order valence-electron chi connectivity index (χ0n) is 15.0. The molecule has 0 saturated carbocycles. The van der Waals surface area contributed by atoms with Crippen molar-refractivity contribution in [2.45, 2.75) is 26.2 Å². The quantitative estimate of drug-likeness (QED) is 0.722. The van der Waals surface area contributed by atoms with Gasteiger partial charge in [0.25, 0.3) is 0 Å². The Labute approximate surface area is 154 Å². The smallest absolute Gasteiger partial charge is 0.161 e. The largest absolute Gasteiger partial charge is 0.356 e. The Morgan fingerprint density at radius 1 is 1.00 bits per heavy atom. The molecule has 0 bridgehead atoms. The minimum atomic E-state index is 0.720. The molecule has 1 aliphatic rings. The van der Waals surface area contributed by atoms with E-state index in [9.17, 15) is 0 Å². The van der Waals surface area contributed by atoms with E-state index in [-0.39, 0.29) is 0 Å². The molecule has 0 amide bonds. The number of hydrogen-bond acceptors (Lipinski definition) is 5. The number of aryl methyl sites for hydroxylation is 1. The lowest BCUT2D eigenvalue weighted by molar-refractivity contribution is 0.402. The molecule has 1 aliphatic heterocycles. The molecule has 132 valence electrons. The van der Waals surface area contributed by atoms with Gasteiger partial charge in [0, 0.05) is 55.2 Å². The van der Waals surface area contributed by atoms with Crippen LogP contribution >= 0.6 is 0 Å². The van der Waals surface area contributed by atoms with E-state index < -0.39 is 0 Å². The van der Waals surface area contributed by atoms with Crippen LogP contribution in [0.1, 0.15) is 24.1 Å². The monoisotopic (exact) mass is 345 g/mol. The molecule has 3 aromatic rings. The van der Waals surface area contributed by atoms with Gasteiger partial charge in [0.15, 0.2) is 5.82 Å². The second-order valence-electron chi connectivity index (χ2n) is 6.92. The van der Waals surface area contributed by atoms with E-state index >= 15 is 0 Å². The molecule has 0 unspecified atom stereocenters. The van der Waals surface area contributed by atoms with Gasteiger partial charge < -0.3 is 4.90 Å². The lowest BCUT2D eigenvalue weighted by Gasteiger charge is -2.33. The van der Waals surface area contributed by atoms with Crippen LogP contribution in [0.4, 0.5) is 5.82 Å². The Kier molecular flexibility index (Phi) is 4.86. The molecule has 3 aromatic heterocycles. The third-order valence-electron chi connectivity index (χ3n) is 4.96. The zero-order chi connectivity index (χ0) is 17.8. The minimum absolute atomic E-state index is 0.720. The maximum Gasteiger partial charge on any atom is 0.161 e. The summed E-state index contributed by atoms with van der Waals surface area (Å²) in [4.78, 5) is 20.1. The van der Waals surface area contributed by atoms with E-state index in [0.717, 1.165) is 48.3 Å². The van der Waals surface area contributed by atoms with Crippen molar-refractivity contribution in [1.82, 2.24) is 19.9 Å². The number of anilines is 1. The van der Waals surface area contributed by atoms with Crippen molar-refractivity contribution >= 4 is 5.82 Å². The van der Waals surface area contributed by atoms with E-state index in [1.165, 1.54) is 18.4 Å². The molecule has 5 heteroatoms. The maximum absolute atomic E-state index is 4.81. The topological polar surface area (TPSA) is 54.8 Å². The summed E-state index contributed by atoms with van der Waals surface area (Å²) >= 11 is 0. The van der Waals surface area contributed by atoms with Crippen LogP contribution in [0.5, 0.6) is 0 Å². The van der Waals surface area contributed by atoms with E-state index in [0.29, 0.717) is 0 Å². The van der Waals surface area contributed by atoms with Gasteiger partial charge in [0.05, 0.1) is 0 Å². The Morgan fingerprint density at radius 2 is 1.81 bits per heavy atom. The number of hydrogen-bond donors (Lipinski definition) is 0. The highest BCUT2D eigenvalue weighted by atomic mass is 15.2. The van der Waals surface area contributed by atoms with Crippen LogP contribution in [0.15, 0.2) is 55.1 Å². The second-order valence-corrected chi connectivity index (χ2v) is 6.92. The summed E-state index contributed by atoms with van der Waals surface area (Å²) in [6.07, 6.45) is 10.9. The van der Waals surface area contributed by atoms with Gasteiger partial charge in [0.1, 0.15) is 5.82 Å². The summed E-state index contributed by atoms with van der Waals surface area (Å²) in [5.74, 6) is 2.53. The fourth-order valence-corrected chi connectivity index (χ4v) is 3.56. The second kappa shape index (κ2) is 7.60. The summed E-state index contributed by atoms with van der Waals surface area (Å²) < 4.78 is 0. The van der Waals surface area contributed by atoms with Crippen LogP contribution in [-0.2, 0) is 6.42 Å². The number of piperidine rings is 1. The molecule has 1 fully saturated rings. The van der Waals surface area contributed by atoms with E-state index in [4.69, 9.17) is 4.98 Å². The van der Waals surface area contributed by atoms with Gasteiger partial charge >= 0.3 is 0 Å².